The van der Waals surface area contributed by atoms with E-state index in [1.165, 1.54) is 5.56 Å². The minimum absolute atomic E-state index is 0.133. The highest BCUT2D eigenvalue weighted by atomic mass is 16.5. The summed E-state index contributed by atoms with van der Waals surface area (Å²) in [6.07, 6.45) is 2.58. The van der Waals surface area contributed by atoms with Crippen molar-refractivity contribution in [3.63, 3.8) is 0 Å². The normalized spacial score (nSPS) is 20.7. The largest absolute Gasteiger partial charge is 0.489 e. The maximum absolute atomic E-state index is 13.8. The summed E-state index contributed by atoms with van der Waals surface area (Å²) in [5.41, 5.74) is 6.78. The summed E-state index contributed by atoms with van der Waals surface area (Å²) in [4.78, 5) is 29.9. The molecular formula is C34H41NO4. The highest BCUT2D eigenvalue weighted by Crippen LogP contribution is 2.54. The van der Waals surface area contributed by atoms with Gasteiger partial charge < -0.3 is 14.4 Å². The number of Topliss-reactive ketones (excluding diaryl/α,β-unsaturated/α-hetero) is 2. The Bertz CT molecular complexity index is 1270. The first-order valence-corrected chi connectivity index (χ1v) is 14.1. The van der Waals surface area contributed by atoms with Crippen molar-refractivity contribution < 1.29 is 19.1 Å². The van der Waals surface area contributed by atoms with Gasteiger partial charge in [-0.15, -0.1) is 0 Å². The van der Waals surface area contributed by atoms with E-state index in [2.05, 4.69) is 63.8 Å². The molecule has 5 nitrogen and oxygen atoms in total. The van der Waals surface area contributed by atoms with E-state index in [4.69, 9.17) is 9.47 Å². The van der Waals surface area contributed by atoms with Crippen LogP contribution in [0.2, 0.25) is 0 Å². The zero-order valence-corrected chi connectivity index (χ0v) is 24.2. The van der Waals surface area contributed by atoms with E-state index in [1.54, 1.807) is 7.11 Å². The number of hydrogen-bond acceptors (Lipinski definition) is 5. The molecule has 39 heavy (non-hydrogen) atoms. The zero-order chi connectivity index (χ0) is 27.9. The second-order valence-electron chi connectivity index (χ2n) is 13.0. The SMILES string of the molecule is COCCN1C2=C(C(=O)CC(C)(C)C2)C(c2ccc(OCc3ccc(C)cc3)cc2)C2=C1CC(C)(C)CC2=O. The summed E-state index contributed by atoms with van der Waals surface area (Å²) in [7, 11) is 1.70. The number of carbonyl (C=O) groups excluding carboxylic acids is 2. The molecule has 3 aliphatic rings. The number of nitrogens with zero attached hydrogens (tertiary/aromatic N) is 1. The molecule has 2 aromatic carbocycles. The van der Waals surface area contributed by atoms with Crippen molar-refractivity contribution in [1.82, 2.24) is 4.90 Å². The maximum Gasteiger partial charge on any atom is 0.162 e. The van der Waals surface area contributed by atoms with Crippen LogP contribution in [0.4, 0.5) is 0 Å². The average Bonchev–Trinajstić information content (AvgIpc) is 2.86. The van der Waals surface area contributed by atoms with E-state index in [9.17, 15) is 9.59 Å². The van der Waals surface area contributed by atoms with E-state index in [0.29, 0.717) is 32.6 Å². The molecule has 0 fully saturated rings. The van der Waals surface area contributed by atoms with Gasteiger partial charge in [0.05, 0.1) is 6.61 Å². The van der Waals surface area contributed by atoms with Crippen molar-refractivity contribution in [1.29, 1.82) is 0 Å². The number of benzene rings is 2. The Labute approximate surface area is 232 Å². The number of allylic oxidation sites excluding steroid dienone is 4. The molecule has 0 spiro atoms. The van der Waals surface area contributed by atoms with Gasteiger partial charge in [-0.05, 0) is 53.9 Å². The number of ether oxygens (including phenoxy) is 2. The second-order valence-corrected chi connectivity index (χ2v) is 13.0. The molecule has 0 radical (unpaired) electrons. The minimum Gasteiger partial charge on any atom is -0.489 e. The van der Waals surface area contributed by atoms with E-state index < -0.39 is 0 Å². The summed E-state index contributed by atoms with van der Waals surface area (Å²) >= 11 is 0. The van der Waals surface area contributed by atoms with Crippen LogP contribution in [0.1, 0.15) is 76.0 Å². The molecule has 0 amide bonds. The fourth-order valence-corrected chi connectivity index (χ4v) is 6.44. The van der Waals surface area contributed by atoms with Crippen LogP contribution in [0.25, 0.3) is 0 Å². The van der Waals surface area contributed by atoms with Crippen LogP contribution in [0, 0.1) is 17.8 Å². The first-order valence-electron chi connectivity index (χ1n) is 14.1. The number of aryl methyl sites for hydroxylation is 1. The molecule has 0 saturated heterocycles. The van der Waals surface area contributed by atoms with Crippen LogP contribution >= 0.6 is 0 Å². The topological polar surface area (TPSA) is 55.8 Å². The minimum atomic E-state index is -0.341. The van der Waals surface area contributed by atoms with Crippen LogP contribution in [0.5, 0.6) is 5.75 Å². The lowest BCUT2D eigenvalue weighted by Gasteiger charge is -2.49. The molecule has 0 unspecified atom stereocenters. The molecule has 0 aromatic heterocycles. The lowest BCUT2D eigenvalue weighted by Crippen LogP contribution is -2.45. The first kappa shape index (κ1) is 27.4. The molecule has 1 heterocycles. The van der Waals surface area contributed by atoms with Crippen molar-refractivity contribution in [2.24, 2.45) is 10.8 Å². The van der Waals surface area contributed by atoms with Gasteiger partial charge in [-0.2, -0.15) is 0 Å². The Morgan fingerprint density at radius 3 is 1.85 bits per heavy atom. The molecule has 0 atom stereocenters. The molecule has 0 saturated carbocycles. The molecular weight excluding hydrogens is 486 g/mol. The number of methoxy groups -OCH3 is 1. The Hall–Kier alpha value is -3.18. The predicted molar refractivity (Wildman–Crippen MR) is 153 cm³/mol. The first-order chi connectivity index (χ1) is 18.5. The fourth-order valence-electron chi connectivity index (χ4n) is 6.44. The van der Waals surface area contributed by atoms with Crippen LogP contribution < -0.4 is 4.74 Å². The van der Waals surface area contributed by atoms with Gasteiger partial charge in [0.1, 0.15) is 12.4 Å². The summed E-state index contributed by atoms with van der Waals surface area (Å²) in [5.74, 6) is 0.731. The standard InChI is InChI=1S/C34H41NO4/c1-22-7-9-23(10-8-22)21-39-25-13-11-24(12-14-25)30-31-26(17-33(2,3)19-28(31)36)35(15-16-38-6)27-18-34(4,5)20-29(37)32(27)30/h7-14,30H,15-21H2,1-6H3. The molecule has 1 aliphatic heterocycles. The molecule has 2 aliphatic carbocycles. The second kappa shape index (κ2) is 10.4. The Balaban J connectivity index is 1.55. The van der Waals surface area contributed by atoms with Gasteiger partial charge in [0.25, 0.3) is 0 Å². The van der Waals surface area contributed by atoms with Crippen molar-refractivity contribution in [3.8, 4) is 5.75 Å². The quantitative estimate of drug-likeness (QED) is 0.392. The van der Waals surface area contributed by atoms with Crippen molar-refractivity contribution >= 4 is 11.6 Å². The third-order valence-corrected chi connectivity index (χ3v) is 8.28. The number of ketones is 2. The Kier molecular flexibility index (Phi) is 7.32. The lowest BCUT2D eigenvalue weighted by molar-refractivity contribution is -0.119. The number of rotatable bonds is 7. The fraction of sp³-hybridized carbons (Fsp3) is 0.471. The molecule has 0 N–H and O–H groups in total. The summed E-state index contributed by atoms with van der Waals surface area (Å²) in [5, 5.41) is 0. The lowest BCUT2D eigenvalue weighted by atomic mass is 9.63. The van der Waals surface area contributed by atoms with Crippen LogP contribution in [0.15, 0.2) is 71.1 Å². The van der Waals surface area contributed by atoms with Gasteiger partial charge in [0.15, 0.2) is 11.6 Å². The van der Waals surface area contributed by atoms with Gasteiger partial charge in [0, 0.05) is 55.0 Å². The summed E-state index contributed by atoms with van der Waals surface area (Å²) < 4.78 is 11.5. The Morgan fingerprint density at radius 2 is 1.33 bits per heavy atom. The number of carbonyl (C=O) groups is 2. The van der Waals surface area contributed by atoms with Crippen LogP contribution in [-0.2, 0) is 20.9 Å². The van der Waals surface area contributed by atoms with E-state index in [1.807, 2.05) is 24.3 Å². The van der Waals surface area contributed by atoms with Crippen molar-refractivity contribution in [3.05, 3.63) is 87.8 Å². The maximum atomic E-state index is 13.8. The molecule has 5 rings (SSSR count). The van der Waals surface area contributed by atoms with Crippen LogP contribution in [-0.4, -0.2) is 36.7 Å². The van der Waals surface area contributed by atoms with Gasteiger partial charge >= 0.3 is 0 Å². The number of hydrogen-bond donors (Lipinski definition) is 0. The van der Waals surface area contributed by atoms with Crippen molar-refractivity contribution in [2.45, 2.75) is 72.8 Å². The van der Waals surface area contributed by atoms with E-state index in [0.717, 1.165) is 52.3 Å². The van der Waals surface area contributed by atoms with Gasteiger partial charge in [-0.3, -0.25) is 9.59 Å². The summed E-state index contributed by atoms with van der Waals surface area (Å²) in [6, 6.07) is 16.3. The monoisotopic (exact) mass is 527 g/mol. The Morgan fingerprint density at radius 1 is 0.795 bits per heavy atom. The third-order valence-electron chi connectivity index (χ3n) is 8.28. The molecule has 2 aromatic rings. The third kappa shape index (κ3) is 5.60. The predicted octanol–water partition coefficient (Wildman–Crippen LogP) is 6.91. The smallest absolute Gasteiger partial charge is 0.162 e. The zero-order valence-electron chi connectivity index (χ0n) is 24.2. The molecule has 206 valence electrons. The van der Waals surface area contributed by atoms with Crippen LogP contribution in [0.3, 0.4) is 0 Å². The summed E-state index contributed by atoms with van der Waals surface area (Å²) in [6.45, 7) is 12.4. The van der Waals surface area contributed by atoms with Gasteiger partial charge in [0.2, 0.25) is 0 Å². The van der Waals surface area contributed by atoms with E-state index in [-0.39, 0.29) is 28.3 Å². The molecule has 5 heteroatoms. The van der Waals surface area contributed by atoms with E-state index >= 15 is 0 Å². The highest BCUT2D eigenvalue weighted by Gasteiger charge is 2.48. The van der Waals surface area contributed by atoms with Gasteiger partial charge in [-0.25, -0.2) is 0 Å². The average molecular weight is 528 g/mol. The highest BCUT2D eigenvalue weighted by molar-refractivity contribution is 6.06. The van der Waals surface area contributed by atoms with Crippen molar-refractivity contribution in [2.75, 3.05) is 20.3 Å². The molecule has 0 bridgehead atoms. The van der Waals surface area contributed by atoms with Gasteiger partial charge in [-0.1, -0.05) is 69.7 Å².